The van der Waals surface area contributed by atoms with Gasteiger partial charge in [-0.15, -0.1) is 0 Å². The topological polar surface area (TPSA) is 38.3 Å². The summed E-state index contributed by atoms with van der Waals surface area (Å²) in [5, 5.41) is 3.84. The van der Waals surface area contributed by atoms with Gasteiger partial charge in [-0.1, -0.05) is 41.4 Å². The highest BCUT2D eigenvalue weighted by Gasteiger charge is 2.12. The van der Waals surface area contributed by atoms with Gasteiger partial charge in [0.05, 0.1) is 11.1 Å². The first-order valence-electron chi connectivity index (χ1n) is 7.31. The van der Waals surface area contributed by atoms with Gasteiger partial charge in [0.15, 0.2) is 6.61 Å². The van der Waals surface area contributed by atoms with E-state index in [1.54, 1.807) is 18.2 Å². The van der Waals surface area contributed by atoms with E-state index in [0.717, 1.165) is 5.56 Å². The Balaban J connectivity index is 1.93. The molecule has 122 valence electrons. The van der Waals surface area contributed by atoms with Gasteiger partial charge in [-0.3, -0.25) is 4.79 Å². The van der Waals surface area contributed by atoms with Gasteiger partial charge < -0.3 is 10.1 Å². The molecule has 0 aliphatic heterocycles. The van der Waals surface area contributed by atoms with Crippen molar-refractivity contribution in [3.8, 4) is 5.75 Å². The molecule has 5 heteroatoms. The molecule has 2 rings (SSSR count). The van der Waals surface area contributed by atoms with Gasteiger partial charge in [-0.25, -0.2) is 0 Å². The molecule has 0 spiro atoms. The first kappa shape index (κ1) is 17.6. The zero-order valence-corrected chi connectivity index (χ0v) is 14.8. The monoisotopic (exact) mass is 351 g/mol. The molecule has 0 heterocycles. The van der Waals surface area contributed by atoms with Crippen molar-refractivity contribution in [3.05, 3.63) is 63.1 Å². The molecule has 0 bridgehead atoms. The zero-order chi connectivity index (χ0) is 17.0. The first-order chi connectivity index (χ1) is 10.9. The van der Waals surface area contributed by atoms with E-state index >= 15 is 0 Å². The number of halogens is 2. The number of hydrogen-bond acceptors (Lipinski definition) is 2. The van der Waals surface area contributed by atoms with Crippen LogP contribution in [0.2, 0.25) is 10.0 Å². The molecule has 0 aliphatic rings. The maximum Gasteiger partial charge on any atom is 0.258 e. The molecule has 0 saturated carbocycles. The molecule has 1 atom stereocenters. The summed E-state index contributed by atoms with van der Waals surface area (Å²) in [6.07, 6.45) is 0. The van der Waals surface area contributed by atoms with Gasteiger partial charge in [0, 0.05) is 11.1 Å². The molecular formula is C18H19Cl2NO2. The molecule has 0 saturated heterocycles. The van der Waals surface area contributed by atoms with Crippen LogP contribution in [0, 0.1) is 13.8 Å². The van der Waals surface area contributed by atoms with E-state index < -0.39 is 0 Å². The lowest BCUT2D eigenvalue weighted by Gasteiger charge is -2.16. The molecular weight excluding hydrogens is 333 g/mol. The number of ether oxygens (including phenoxy) is 1. The van der Waals surface area contributed by atoms with Crippen LogP contribution in [0.4, 0.5) is 0 Å². The molecule has 0 radical (unpaired) electrons. The van der Waals surface area contributed by atoms with Gasteiger partial charge in [0.2, 0.25) is 0 Å². The molecule has 1 N–H and O–H groups in total. The third kappa shape index (κ3) is 4.88. The van der Waals surface area contributed by atoms with Crippen LogP contribution in [0.3, 0.4) is 0 Å². The summed E-state index contributed by atoms with van der Waals surface area (Å²) < 4.78 is 5.43. The first-order valence-corrected chi connectivity index (χ1v) is 8.07. The molecule has 0 fully saturated rings. The second-order valence-electron chi connectivity index (χ2n) is 5.50. The summed E-state index contributed by atoms with van der Waals surface area (Å²) >= 11 is 11.9. The van der Waals surface area contributed by atoms with Crippen LogP contribution in [0.15, 0.2) is 36.4 Å². The number of amides is 1. The summed E-state index contributed by atoms with van der Waals surface area (Å²) in [5.74, 6) is 0.180. The van der Waals surface area contributed by atoms with E-state index in [1.807, 2.05) is 13.0 Å². The van der Waals surface area contributed by atoms with E-state index in [1.165, 1.54) is 11.1 Å². The molecule has 0 aliphatic carbocycles. The van der Waals surface area contributed by atoms with Gasteiger partial charge in [0.1, 0.15) is 5.75 Å². The molecule has 2 aromatic carbocycles. The maximum atomic E-state index is 12.0. The van der Waals surface area contributed by atoms with E-state index in [2.05, 4.69) is 31.3 Å². The molecule has 0 aromatic heterocycles. The summed E-state index contributed by atoms with van der Waals surface area (Å²) in [6.45, 7) is 5.94. The Labute approximate surface area is 146 Å². The van der Waals surface area contributed by atoms with Crippen molar-refractivity contribution in [2.24, 2.45) is 0 Å². The number of rotatable bonds is 5. The Hall–Kier alpha value is -1.71. The van der Waals surface area contributed by atoms with Crippen molar-refractivity contribution in [2.45, 2.75) is 26.8 Å². The van der Waals surface area contributed by atoms with Crippen LogP contribution in [0.5, 0.6) is 5.75 Å². The highest BCUT2D eigenvalue weighted by Crippen LogP contribution is 2.27. The van der Waals surface area contributed by atoms with Crippen LogP contribution in [-0.2, 0) is 4.79 Å². The minimum absolute atomic E-state index is 0.0970. The normalized spacial score (nSPS) is 11.9. The minimum atomic E-state index is -0.216. The number of hydrogen-bond donors (Lipinski definition) is 1. The van der Waals surface area contributed by atoms with E-state index in [4.69, 9.17) is 27.9 Å². The average molecular weight is 352 g/mol. The van der Waals surface area contributed by atoms with Crippen molar-refractivity contribution in [1.29, 1.82) is 0 Å². The SMILES string of the molecule is Cc1ccc([C@@H](C)NC(=O)COc2cc(Cl)ccc2Cl)cc1C. The van der Waals surface area contributed by atoms with E-state index in [0.29, 0.717) is 15.8 Å². The highest BCUT2D eigenvalue weighted by molar-refractivity contribution is 6.34. The second kappa shape index (κ2) is 7.71. The van der Waals surface area contributed by atoms with E-state index in [9.17, 15) is 4.79 Å². The molecule has 2 aromatic rings. The molecule has 0 unspecified atom stereocenters. The standard InChI is InChI=1S/C18H19Cl2NO2/c1-11-4-5-14(8-12(11)2)13(3)21-18(22)10-23-17-9-15(19)6-7-16(17)20/h4-9,13H,10H2,1-3H3,(H,21,22)/t13-/m1/s1. The third-order valence-corrected chi connectivity index (χ3v) is 4.21. The van der Waals surface area contributed by atoms with E-state index in [-0.39, 0.29) is 18.6 Å². The summed E-state index contributed by atoms with van der Waals surface area (Å²) in [4.78, 5) is 12.0. The fourth-order valence-corrected chi connectivity index (χ4v) is 2.47. The number of benzene rings is 2. The molecule has 1 amide bonds. The lowest BCUT2D eigenvalue weighted by molar-refractivity contribution is -0.123. The fourth-order valence-electron chi connectivity index (χ4n) is 2.13. The van der Waals surface area contributed by atoms with Crippen molar-refractivity contribution >= 4 is 29.1 Å². The van der Waals surface area contributed by atoms with Crippen molar-refractivity contribution in [1.82, 2.24) is 5.32 Å². The predicted octanol–water partition coefficient (Wildman–Crippen LogP) is 4.87. The van der Waals surface area contributed by atoms with Gasteiger partial charge in [-0.2, -0.15) is 0 Å². The van der Waals surface area contributed by atoms with Crippen LogP contribution in [0.25, 0.3) is 0 Å². The lowest BCUT2D eigenvalue weighted by Crippen LogP contribution is -2.31. The number of carbonyl (C=O) groups excluding carboxylic acids is 1. The lowest BCUT2D eigenvalue weighted by atomic mass is 10.0. The molecule has 23 heavy (non-hydrogen) atoms. The van der Waals surface area contributed by atoms with Crippen LogP contribution in [0.1, 0.15) is 29.7 Å². The van der Waals surface area contributed by atoms with Crippen LogP contribution in [-0.4, -0.2) is 12.5 Å². The van der Waals surface area contributed by atoms with Crippen molar-refractivity contribution in [3.63, 3.8) is 0 Å². The predicted molar refractivity (Wildman–Crippen MR) is 94.4 cm³/mol. The Morgan fingerprint density at radius 2 is 1.87 bits per heavy atom. The van der Waals surface area contributed by atoms with Gasteiger partial charge >= 0.3 is 0 Å². The van der Waals surface area contributed by atoms with Crippen LogP contribution >= 0.6 is 23.2 Å². The van der Waals surface area contributed by atoms with Crippen LogP contribution < -0.4 is 10.1 Å². The quantitative estimate of drug-likeness (QED) is 0.834. The van der Waals surface area contributed by atoms with Crippen molar-refractivity contribution < 1.29 is 9.53 Å². The fraction of sp³-hybridized carbons (Fsp3) is 0.278. The Kier molecular flexibility index (Phi) is 5.91. The largest absolute Gasteiger partial charge is 0.482 e. The minimum Gasteiger partial charge on any atom is -0.482 e. The van der Waals surface area contributed by atoms with Gasteiger partial charge in [-0.05, 0) is 49.6 Å². The number of nitrogens with one attached hydrogen (secondary N) is 1. The molecule has 3 nitrogen and oxygen atoms in total. The van der Waals surface area contributed by atoms with Gasteiger partial charge in [0.25, 0.3) is 5.91 Å². The average Bonchev–Trinajstić information content (AvgIpc) is 2.50. The second-order valence-corrected chi connectivity index (χ2v) is 6.34. The number of aryl methyl sites for hydroxylation is 2. The zero-order valence-electron chi connectivity index (χ0n) is 13.3. The van der Waals surface area contributed by atoms with Crippen molar-refractivity contribution in [2.75, 3.05) is 6.61 Å². The number of carbonyl (C=O) groups is 1. The summed E-state index contributed by atoms with van der Waals surface area (Å²) in [7, 11) is 0. The smallest absolute Gasteiger partial charge is 0.258 e. The third-order valence-electron chi connectivity index (χ3n) is 3.66. The Bertz CT molecular complexity index is 716. The summed E-state index contributed by atoms with van der Waals surface area (Å²) in [6, 6.07) is 10.9. The summed E-state index contributed by atoms with van der Waals surface area (Å²) in [5.41, 5.74) is 3.49. The highest BCUT2D eigenvalue weighted by atomic mass is 35.5. The maximum absolute atomic E-state index is 12.0. The Morgan fingerprint density at radius 3 is 2.57 bits per heavy atom. The Morgan fingerprint density at radius 1 is 1.13 bits per heavy atom.